The normalized spacial score (nSPS) is 16.5. The Hall–Kier alpha value is -1.59. The molecule has 5 nitrogen and oxygen atoms in total. The largest absolute Gasteiger partial charge is 0.379 e. The first kappa shape index (κ1) is 20.7. The van der Waals surface area contributed by atoms with Crippen molar-refractivity contribution in [2.24, 2.45) is 5.92 Å². The van der Waals surface area contributed by atoms with Crippen molar-refractivity contribution < 1.29 is 9.53 Å². The van der Waals surface area contributed by atoms with E-state index in [-0.39, 0.29) is 6.03 Å². The van der Waals surface area contributed by atoms with Gasteiger partial charge in [-0.2, -0.15) is 0 Å². The Labute approximate surface area is 158 Å². The van der Waals surface area contributed by atoms with E-state index in [1.807, 2.05) is 7.05 Å². The van der Waals surface area contributed by atoms with Crippen molar-refractivity contribution in [3.63, 3.8) is 0 Å². The molecule has 0 aromatic heterocycles. The predicted octanol–water partition coefficient (Wildman–Crippen LogP) is 3.14. The zero-order chi connectivity index (χ0) is 18.9. The van der Waals surface area contributed by atoms with Crippen molar-refractivity contribution in [3.05, 3.63) is 35.4 Å². The van der Waals surface area contributed by atoms with Crippen LogP contribution in [-0.4, -0.2) is 61.8 Å². The summed E-state index contributed by atoms with van der Waals surface area (Å²) < 4.78 is 5.46. The standard InChI is InChI=1S/C21H35N3O2/c1-5-18-6-8-19(9-7-18)16-23(4)21(25)22-15-20(14-17(2)3)24-10-12-26-13-11-24/h6-9,17,20H,5,10-16H2,1-4H3,(H,22,25). The van der Waals surface area contributed by atoms with Crippen molar-refractivity contribution in [2.75, 3.05) is 39.9 Å². The number of hydrogen-bond acceptors (Lipinski definition) is 3. The maximum Gasteiger partial charge on any atom is 0.317 e. The molecule has 1 fully saturated rings. The van der Waals surface area contributed by atoms with E-state index in [9.17, 15) is 4.79 Å². The quantitative estimate of drug-likeness (QED) is 0.774. The lowest BCUT2D eigenvalue weighted by Gasteiger charge is -2.35. The van der Waals surface area contributed by atoms with Crippen molar-refractivity contribution in [1.82, 2.24) is 15.1 Å². The van der Waals surface area contributed by atoms with E-state index in [0.29, 0.717) is 25.0 Å². The van der Waals surface area contributed by atoms with Crippen molar-refractivity contribution in [3.8, 4) is 0 Å². The Kier molecular flexibility index (Phi) is 8.39. The minimum Gasteiger partial charge on any atom is -0.379 e. The third kappa shape index (κ3) is 6.61. The Morgan fingerprint density at radius 2 is 1.81 bits per heavy atom. The van der Waals surface area contributed by atoms with Gasteiger partial charge in [-0.1, -0.05) is 45.0 Å². The van der Waals surface area contributed by atoms with E-state index in [1.165, 1.54) is 5.56 Å². The maximum absolute atomic E-state index is 12.5. The van der Waals surface area contributed by atoms with Crippen LogP contribution in [0.2, 0.25) is 0 Å². The highest BCUT2D eigenvalue weighted by molar-refractivity contribution is 5.73. The van der Waals surface area contributed by atoms with Gasteiger partial charge in [-0.15, -0.1) is 0 Å². The molecule has 2 amide bonds. The molecular weight excluding hydrogens is 326 g/mol. The summed E-state index contributed by atoms with van der Waals surface area (Å²) in [5.74, 6) is 0.606. The average Bonchev–Trinajstić information content (AvgIpc) is 2.65. The number of nitrogens with one attached hydrogen (secondary N) is 1. The summed E-state index contributed by atoms with van der Waals surface area (Å²) in [4.78, 5) is 16.7. The van der Waals surface area contributed by atoms with Crippen LogP contribution in [0.1, 0.15) is 38.3 Å². The number of rotatable bonds is 8. The van der Waals surface area contributed by atoms with Crippen molar-refractivity contribution >= 4 is 6.03 Å². The maximum atomic E-state index is 12.5. The highest BCUT2D eigenvalue weighted by atomic mass is 16.5. The van der Waals surface area contributed by atoms with Gasteiger partial charge in [0, 0.05) is 39.3 Å². The molecule has 0 aliphatic carbocycles. The predicted molar refractivity (Wildman–Crippen MR) is 106 cm³/mol. The molecule has 0 spiro atoms. The Balaban J connectivity index is 1.84. The highest BCUT2D eigenvalue weighted by Gasteiger charge is 2.23. The summed E-state index contributed by atoms with van der Waals surface area (Å²) in [6, 6.07) is 8.86. The minimum atomic E-state index is -0.00779. The van der Waals surface area contributed by atoms with E-state index in [1.54, 1.807) is 4.90 Å². The van der Waals surface area contributed by atoms with E-state index in [0.717, 1.165) is 44.7 Å². The molecule has 5 heteroatoms. The van der Waals surface area contributed by atoms with Crippen LogP contribution in [0.15, 0.2) is 24.3 Å². The molecule has 1 aromatic rings. The SMILES string of the molecule is CCc1ccc(CN(C)C(=O)NCC(CC(C)C)N2CCOCC2)cc1. The summed E-state index contributed by atoms with van der Waals surface area (Å²) in [5, 5.41) is 3.13. The lowest BCUT2D eigenvalue weighted by atomic mass is 10.0. The second-order valence-corrected chi connectivity index (χ2v) is 7.64. The molecule has 1 atom stereocenters. The fraction of sp³-hybridized carbons (Fsp3) is 0.667. The van der Waals surface area contributed by atoms with Gasteiger partial charge >= 0.3 is 6.03 Å². The molecule has 2 rings (SSSR count). The molecule has 146 valence electrons. The molecule has 1 aromatic carbocycles. The number of morpholine rings is 1. The smallest absolute Gasteiger partial charge is 0.317 e. The second-order valence-electron chi connectivity index (χ2n) is 7.64. The van der Waals surface area contributed by atoms with Gasteiger partial charge < -0.3 is 15.0 Å². The molecule has 0 bridgehead atoms. The van der Waals surface area contributed by atoms with Crippen LogP contribution in [0.25, 0.3) is 0 Å². The fourth-order valence-electron chi connectivity index (χ4n) is 3.41. The lowest BCUT2D eigenvalue weighted by molar-refractivity contribution is 0.0127. The Morgan fingerprint density at radius 1 is 1.19 bits per heavy atom. The third-order valence-corrected chi connectivity index (χ3v) is 4.99. The number of hydrogen-bond donors (Lipinski definition) is 1. The number of benzene rings is 1. The van der Waals surface area contributed by atoms with E-state index < -0.39 is 0 Å². The Bertz CT molecular complexity index is 539. The molecule has 1 saturated heterocycles. The van der Waals surface area contributed by atoms with Gasteiger partial charge in [0.2, 0.25) is 0 Å². The second kappa shape index (κ2) is 10.5. The Morgan fingerprint density at radius 3 is 2.38 bits per heavy atom. The zero-order valence-corrected chi connectivity index (χ0v) is 16.8. The van der Waals surface area contributed by atoms with E-state index in [4.69, 9.17) is 4.74 Å². The monoisotopic (exact) mass is 361 g/mol. The molecular formula is C21H35N3O2. The summed E-state index contributed by atoms with van der Waals surface area (Å²) in [5.41, 5.74) is 2.48. The topological polar surface area (TPSA) is 44.8 Å². The van der Waals surface area contributed by atoms with Crippen molar-refractivity contribution in [1.29, 1.82) is 0 Å². The molecule has 1 heterocycles. The van der Waals surface area contributed by atoms with Crippen LogP contribution in [-0.2, 0) is 17.7 Å². The highest BCUT2D eigenvalue weighted by Crippen LogP contribution is 2.13. The summed E-state index contributed by atoms with van der Waals surface area (Å²) in [6.07, 6.45) is 2.12. The van der Waals surface area contributed by atoms with Crippen LogP contribution in [0.3, 0.4) is 0 Å². The van der Waals surface area contributed by atoms with Gasteiger partial charge in [0.05, 0.1) is 13.2 Å². The molecule has 1 N–H and O–H groups in total. The van der Waals surface area contributed by atoms with Crippen LogP contribution in [0.4, 0.5) is 4.79 Å². The van der Waals surface area contributed by atoms with E-state index in [2.05, 4.69) is 55.3 Å². The molecule has 1 unspecified atom stereocenters. The fourth-order valence-corrected chi connectivity index (χ4v) is 3.41. The number of amides is 2. The van der Waals surface area contributed by atoms with Gasteiger partial charge in [-0.3, -0.25) is 4.90 Å². The minimum absolute atomic E-state index is 0.00779. The molecule has 1 aliphatic rings. The molecule has 0 radical (unpaired) electrons. The van der Waals surface area contributed by atoms with Crippen LogP contribution in [0, 0.1) is 5.92 Å². The third-order valence-electron chi connectivity index (χ3n) is 4.99. The number of carbonyl (C=O) groups is 1. The number of urea groups is 1. The van der Waals surface area contributed by atoms with Gasteiger partial charge in [0.15, 0.2) is 0 Å². The number of nitrogens with zero attached hydrogens (tertiary/aromatic N) is 2. The van der Waals surface area contributed by atoms with Crippen LogP contribution >= 0.6 is 0 Å². The first-order chi connectivity index (χ1) is 12.5. The molecule has 0 saturated carbocycles. The summed E-state index contributed by atoms with van der Waals surface area (Å²) >= 11 is 0. The van der Waals surface area contributed by atoms with Crippen LogP contribution in [0.5, 0.6) is 0 Å². The number of aryl methyl sites for hydroxylation is 1. The van der Waals surface area contributed by atoms with Gasteiger partial charge in [0.25, 0.3) is 0 Å². The first-order valence-electron chi connectivity index (χ1n) is 9.88. The van der Waals surface area contributed by atoms with Gasteiger partial charge in [-0.05, 0) is 29.9 Å². The molecule has 26 heavy (non-hydrogen) atoms. The summed E-state index contributed by atoms with van der Waals surface area (Å²) in [6.45, 7) is 11.4. The average molecular weight is 362 g/mol. The summed E-state index contributed by atoms with van der Waals surface area (Å²) in [7, 11) is 1.86. The van der Waals surface area contributed by atoms with Gasteiger partial charge in [0.1, 0.15) is 0 Å². The number of ether oxygens (including phenoxy) is 1. The zero-order valence-electron chi connectivity index (χ0n) is 16.8. The lowest BCUT2D eigenvalue weighted by Crippen LogP contribution is -2.50. The van der Waals surface area contributed by atoms with Crippen molar-refractivity contribution in [2.45, 2.75) is 46.2 Å². The van der Waals surface area contributed by atoms with Gasteiger partial charge in [-0.25, -0.2) is 4.79 Å². The van der Waals surface area contributed by atoms with Crippen LogP contribution < -0.4 is 5.32 Å². The molecule has 1 aliphatic heterocycles. The number of carbonyl (C=O) groups excluding carboxylic acids is 1. The first-order valence-corrected chi connectivity index (χ1v) is 9.88. The van der Waals surface area contributed by atoms with E-state index >= 15 is 0 Å².